The van der Waals surface area contributed by atoms with E-state index in [1.54, 1.807) is 18.2 Å². The van der Waals surface area contributed by atoms with Gasteiger partial charge in [-0.05, 0) is 11.6 Å². The fourth-order valence-electron chi connectivity index (χ4n) is 1.62. The predicted molar refractivity (Wildman–Crippen MR) is 66.4 cm³/mol. The lowest BCUT2D eigenvalue weighted by Crippen LogP contribution is -2.30. The molecule has 5 heteroatoms. The van der Waals surface area contributed by atoms with E-state index in [0.717, 1.165) is 5.56 Å². The van der Waals surface area contributed by atoms with Gasteiger partial charge in [0.25, 0.3) is 10.0 Å². The highest BCUT2D eigenvalue weighted by Gasteiger charge is 2.16. The average Bonchev–Trinajstić information content (AvgIpc) is 2.40. The molecule has 0 radical (unpaired) electrons. The zero-order valence-corrected chi connectivity index (χ0v) is 9.81. The molecular weight excluding hydrogens is 236 g/mol. The highest BCUT2D eigenvalue weighted by Crippen LogP contribution is 2.26. The average molecular weight is 248 g/mol. The van der Waals surface area contributed by atoms with Crippen LogP contribution in [-0.4, -0.2) is 8.42 Å². The molecule has 0 aliphatic rings. The van der Waals surface area contributed by atoms with Crippen molar-refractivity contribution in [2.24, 2.45) is 5.84 Å². The second kappa shape index (κ2) is 4.67. The molecule has 0 heterocycles. The maximum Gasteiger partial charge on any atom is 0.253 e. The van der Waals surface area contributed by atoms with E-state index in [1.165, 1.54) is 6.07 Å². The molecule has 0 atom stereocenters. The highest BCUT2D eigenvalue weighted by molar-refractivity contribution is 7.89. The number of nitrogens with one attached hydrogen (secondary N) is 1. The van der Waals surface area contributed by atoms with Gasteiger partial charge in [-0.3, -0.25) is 5.84 Å². The summed E-state index contributed by atoms with van der Waals surface area (Å²) >= 11 is 0. The van der Waals surface area contributed by atoms with Gasteiger partial charge in [0.2, 0.25) is 0 Å². The number of rotatable bonds is 3. The normalized spacial score (nSPS) is 11.4. The van der Waals surface area contributed by atoms with Crippen molar-refractivity contribution in [3.63, 3.8) is 0 Å². The number of benzene rings is 2. The van der Waals surface area contributed by atoms with Gasteiger partial charge < -0.3 is 0 Å². The second-order valence-corrected chi connectivity index (χ2v) is 5.17. The minimum atomic E-state index is -3.65. The SMILES string of the molecule is NNS(=O)(=O)c1ccccc1-c1ccccc1. The van der Waals surface area contributed by atoms with E-state index in [-0.39, 0.29) is 4.90 Å². The van der Waals surface area contributed by atoms with Gasteiger partial charge in [-0.1, -0.05) is 48.5 Å². The third kappa shape index (κ3) is 2.36. The summed E-state index contributed by atoms with van der Waals surface area (Å²) in [5, 5.41) is 0. The van der Waals surface area contributed by atoms with Gasteiger partial charge >= 0.3 is 0 Å². The van der Waals surface area contributed by atoms with Crippen LogP contribution in [0.4, 0.5) is 0 Å². The Kier molecular flexibility index (Phi) is 3.23. The molecule has 0 saturated heterocycles. The van der Waals surface area contributed by atoms with E-state index in [4.69, 9.17) is 5.84 Å². The molecule has 2 aromatic carbocycles. The molecule has 2 rings (SSSR count). The molecule has 0 bridgehead atoms. The van der Waals surface area contributed by atoms with Crippen LogP contribution < -0.4 is 10.7 Å². The minimum absolute atomic E-state index is 0.175. The molecule has 0 amide bonds. The molecule has 0 spiro atoms. The number of sulfonamides is 1. The minimum Gasteiger partial charge on any atom is -0.257 e. The summed E-state index contributed by atoms with van der Waals surface area (Å²) in [5.74, 6) is 5.05. The van der Waals surface area contributed by atoms with E-state index in [2.05, 4.69) is 0 Å². The van der Waals surface area contributed by atoms with Crippen LogP contribution in [0.5, 0.6) is 0 Å². The van der Waals surface area contributed by atoms with Gasteiger partial charge in [0, 0.05) is 5.56 Å². The van der Waals surface area contributed by atoms with Crippen LogP contribution in [0.3, 0.4) is 0 Å². The van der Waals surface area contributed by atoms with Crippen LogP contribution in [0.15, 0.2) is 59.5 Å². The quantitative estimate of drug-likeness (QED) is 0.638. The van der Waals surface area contributed by atoms with Crippen molar-refractivity contribution in [3.05, 3.63) is 54.6 Å². The van der Waals surface area contributed by atoms with Crippen molar-refractivity contribution < 1.29 is 8.42 Å². The van der Waals surface area contributed by atoms with Gasteiger partial charge in [0.05, 0.1) is 4.90 Å². The molecule has 88 valence electrons. The monoisotopic (exact) mass is 248 g/mol. The Bertz CT molecular complexity index is 609. The van der Waals surface area contributed by atoms with Crippen molar-refractivity contribution in [2.45, 2.75) is 4.90 Å². The Balaban J connectivity index is 2.65. The summed E-state index contributed by atoms with van der Waals surface area (Å²) in [6.07, 6.45) is 0. The number of hydrazine groups is 1. The largest absolute Gasteiger partial charge is 0.257 e. The van der Waals surface area contributed by atoms with E-state index >= 15 is 0 Å². The van der Waals surface area contributed by atoms with Gasteiger partial charge in [0.15, 0.2) is 0 Å². The Morgan fingerprint density at radius 3 is 2.12 bits per heavy atom. The fraction of sp³-hybridized carbons (Fsp3) is 0. The second-order valence-electron chi connectivity index (χ2n) is 3.48. The van der Waals surface area contributed by atoms with Gasteiger partial charge in [0.1, 0.15) is 0 Å². The summed E-state index contributed by atoms with van der Waals surface area (Å²) in [6.45, 7) is 0. The van der Waals surface area contributed by atoms with Crippen LogP contribution in [0.2, 0.25) is 0 Å². The van der Waals surface area contributed by atoms with Crippen LogP contribution in [-0.2, 0) is 10.0 Å². The standard InChI is InChI=1S/C12H12N2O2S/c13-14-17(15,16)12-9-5-4-8-11(12)10-6-2-1-3-7-10/h1-9,14H,13H2. The zero-order chi connectivity index (χ0) is 12.3. The lowest BCUT2D eigenvalue weighted by atomic mass is 10.1. The maximum atomic E-state index is 11.8. The molecule has 17 heavy (non-hydrogen) atoms. The summed E-state index contributed by atoms with van der Waals surface area (Å²) < 4.78 is 23.5. The van der Waals surface area contributed by atoms with Crippen LogP contribution in [0.1, 0.15) is 0 Å². The number of hydrogen-bond acceptors (Lipinski definition) is 3. The summed E-state index contributed by atoms with van der Waals surface area (Å²) in [4.78, 5) is 2.01. The topological polar surface area (TPSA) is 72.2 Å². The fourth-order valence-corrected chi connectivity index (χ4v) is 2.48. The smallest absolute Gasteiger partial charge is 0.253 e. The summed E-state index contributed by atoms with van der Waals surface area (Å²) in [7, 11) is -3.65. The third-order valence-electron chi connectivity index (χ3n) is 2.42. The predicted octanol–water partition coefficient (Wildman–Crippen LogP) is 1.51. The van der Waals surface area contributed by atoms with Crippen molar-refractivity contribution in [1.29, 1.82) is 0 Å². The van der Waals surface area contributed by atoms with E-state index < -0.39 is 10.0 Å². The first-order valence-electron chi connectivity index (χ1n) is 5.02. The first kappa shape index (κ1) is 11.8. The molecule has 2 aromatic rings. The van der Waals surface area contributed by atoms with Crippen molar-refractivity contribution >= 4 is 10.0 Å². The van der Waals surface area contributed by atoms with Gasteiger partial charge in [-0.25, -0.2) is 8.42 Å². The first-order valence-corrected chi connectivity index (χ1v) is 6.50. The Morgan fingerprint density at radius 1 is 0.882 bits per heavy atom. The summed E-state index contributed by atoms with van der Waals surface area (Å²) in [6, 6.07) is 16.0. The molecule has 3 N–H and O–H groups in total. The van der Waals surface area contributed by atoms with E-state index in [1.807, 2.05) is 35.2 Å². The van der Waals surface area contributed by atoms with E-state index in [0.29, 0.717) is 5.56 Å². The highest BCUT2D eigenvalue weighted by atomic mass is 32.2. The molecule has 0 aliphatic carbocycles. The molecule has 0 aliphatic heterocycles. The van der Waals surface area contributed by atoms with Crippen LogP contribution in [0, 0.1) is 0 Å². The van der Waals surface area contributed by atoms with Crippen LogP contribution >= 0.6 is 0 Å². The molecule has 4 nitrogen and oxygen atoms in total. The van der Waals surface area contributed by atoms with Gasteiger partial charge in [-0.15, -0.1) is 0 Å². The summed E-state index contributed by atoms with van der Waals surface area (Å²) in [5.41, 5.74) is 1.47. The lowest BCUT2D eigenvalue weighted by Gasteiger charge is -2.09. The zero-order valence-electron chi connectivity index (χ0n) is 9.00. The van der Waals surface area contributed by atoms with Crippen LogP contribution in [0.25, 0.3) is 11.1 Å². The lowest BCUT2D eigenvalue weighted by molar-refractivity contribution is 0.584. The van der Waals surface area contributed by atoms with Crippen molar-refractivity contribution in [3.8, 4) is 11.1 Å². The molecule has 0 unspecified atom stereocenters. The number of hydrogen-bond donors (Lipinski definition) is 2. The number of nitrogens with two attached hydrogens (primary N) is 1. The molecule has 0 saturated carbocycles. The Hall–Kier alpha value is -1.69. The van der Waals surface area contributed by atoms with Crippen molar-refractivity contribution in [2.75, 3.05) is 0 Å². The molecule has 0 fully saturated rings. The first-order chi connectivity index (χ1) is 8.15. The third-order valence-corrected chi connectivity index (χ3v) is 3.66. The van der Waals surface area contributed by atoms with Gasteiger partial charge in [-0.2, -0.15) is 4.83 Å². The molecular formula is C12H12N2O2S. The van der Waals surface area contributed by atoms with Crippen molar-refractivity contribution in [1.82, 2.24) is 4.83 Å². The Morgan fingerprint density at radius 2 is 1.47 bits per heavy atom. The van der Waals surface area contributed by atoms with E-state index in [9.17, 15) is 8.42 Å². The maximum absolute atomic E-state index is 11.8. The molecule has 0 aromatic heterocycles. The Labute approximate surface area is 100 Å².